The molecule has 0 aliphatic heterocycles. The van der Waals surface area contributed by atoms with E-state index in [-0.39, 0.29) is 17.1 Å². The molecule has 1 saturated carbocycles. The zero-order chi connectivity index (χ0) is 8.48. The molecule has 2 heteroatoms. The van der Waals surface area contributed by atoms with Crippen LogP contribution in [0.15, 0.2) is 0 Å². The normalized spacial score (nSPS) is 36.0. The molecular formula is C9H14O2. The number of ketones is 1. The van der Waals surface area contributed by atoms with Gasteiger partial charge < -0.3 is 4.79 Å². The average Bonchev–Trinajstić information content (AvgIpc) is 1.85. The number of hydrogen-bond acceptors (Lipinski definition) is 2. The first-order valence-corrected chi connectivity index (χ1v) is 4.04. The van der Waals surface area contributed by atoms with Crippen LogP contribution >= 0.6 is 0 Å². The van der Waals surface area contributed by atoms with Gasteiger partial charge in [-0.25, -0.2) is 0 Å². The van der Waals surface area contributed by atoms with E-state index in [0.29, 0.717) is 6.42 Å². The van der Waals surface area contributed by atoms with Gasteiger partial charge in [0.2, 0.25) is 0 Å². The molecule has 1 fully saturated rings. The van der Waals surface area contributed by atoms with Crippen LogP contribution in [-0.2, 0) is 9.59 Å². The van der Waals surface area contributed by atoms with E-state index in [2.05, 4.69) is 0 Å². The molecule has 0 heterocycles. The van der Waals surface area contributed by atoms with Crippen molar-refractivity contribution in [3.63, 3.8) is 0 Å². The molecule has 1 aliphatic rings. The summed E-state index contributed by atoms with van der Waals surface area (Å²) in [6.45, 7) is 3.64. The summed E-state index contributed by atoms with van der Waals surface area (Å²) >= 11 is 0. The van der Waals surface area contributed by atoms with Crippen molar-refractivity contribution in [2.75, 3.05) is 0 Å². The van der Waals surface area contributed by atoms with Gasteiger partial charge in [-0.2, -0.15) is 0 Å². The van der Waals surface area contributed by atoms with Gasteiger partial charge >= 0.3 is 0 Å². The first-order valence-electron chi connectivity index (χ1n) is 4.04. The van der Waals surface area contributed by atoms with Gasteiger partial charge in [0, 0.05) is 12.3 Å². The average molecular weight is 154 g/mol. The van der Waals surface area contributed by atoms with Crippen molar-refractivity contribution in [1.82, 2.24) is 0 Å². The van der Waals surface area contributed by atoms with Gasteiger partial charge in [-0.1, -0.05) is 6.92 Å². The Hall–Kier alpha value is -0.660. The predicted molar refractivity (Wildman–Crippen MR) is 42.2 cm³/mol. The first-order chi connectivity index (χ1) is 5.10. The molecule has 0 aromatic carbocycles. The van der Waals surface area contributed by atoms with E-state index < -0.39 is 0 Å². The molecule has 2 atom stereocenters. The van der Waals surface area contributed by atoms with Crippen molar-refractivity contribution in [1.29, 1.82) is 0 Å². The van der Waals surface area contributed by atoms with Crippen LogP contribution < -0.4 is 0 Å². The van der Waals surface area contributed by atoms with Crippen LogP contribution in [0.4, 0.5) is 0 Å². The summed E-state index contributed by atoms with van der Waals surface area (Å²) in [4.78, 5) is 21.3. The monoisotopic (exact) mass is 154 g/mol. The summed E-state index contributed by atoms with van der Waals surface area (Å²) in [5.41, 5.74) is -0.00637. The molecule has 0 bridgehead atoms. The fourth-order valence-corrected chi connectivity index (χ4v) is 1.91. The van der Waals surface area contributed by atoms with Gasteiger partial charge in [0.05, 0.1) is 0 Å². The molecule has 0 saturated heterocycles. The smallest absolute Gasteiger partial charge is 0.133 e. The molecule has 0 N–H and O–H groups in total. The third-order valence-electron chi connectivity index (χ3n) is 2.89. The van der Waals surface area contributed by atoms with Crippen molar-refractivity contribution in [3.05, 3.63) is 0 Å². The molecule has 0 amide bonds. The lowest BCUT2D eigenvalue weighted by molar-refractivity contribution is -0.132. The summed E-state index contributed by atoms with van der Waals surface area (Å²) in [7, 11) is 0. The third-order valence-corrected chi connectivity index (χ3v) is 2.89. The quantitative estimate of drug-likeness (QED) is 0.578. The third kappa shape index (κ3) is 1.35. The predicted octanol–water partition coefficient (Wildman–Crippen LogP) is 1.58. The largest absolute Gasteiger partial charge is 0.303 e. The molecule has 11 heavy (non-hydrogen) atoms. The van der Waals surface area contributed by atoms with Crippen molar-refractivity contribution in [3.8, 4) is 0 Å². The van der Waals surface area contributed by atoms with E-state index in [1.165, 1.54) is 0 Å². The summed E-state index contributed by atoms with van der Waals surface area (Å²) in [6.07, 6.45) is 3.46. The van der Waals surface area contributed by atoms with Crippen LogP contribution in [0, 0.1) is 11.3 Å². The lowest BCUT2D eigenvalue weighted by Crippen LogP contribution is -2.41. The van der Waals surface area contributed by atoms with Crippen molar-refractivity contribution < 1.29 is 9.59 Å². The number of hydrogen-bond donors (Lipinski definition) is 0. The summed E-state index contributed by atoms with van der Waals surface area (Å²) < 4.78 is 0. The Morgan fingerprint density at radius 3 is 2.64 bits per heavy atom. The minimum absolute atomic E-state index is 0.00637. The molecule has 0 aromatic rings. The highest BCUT2D eigenvalue weighted by Crippen LogP contribution is 2.48. The van der Waals surface area contributed by atoms with E-state index in [9.17, 15) is 9.59 Å². The summed E-state index contributed by atoms with van der Waals surface area (Å²) in [5.74, 6) is 0.383. The van der Waals surface area contributed by atoms with Crippen LogP contribution in [0.25, 0.3) is 0 Å². The number of carbonyl (C=O) groups excluding carboxylic acids is 2. The van der Waals surface area contributed by atoms with Gasteiger partial charge in [-0.05, 0) is 25.2 Å². The highest BCUT2D eigenvalue weighted by molar-refractivity contribution is 5.80. The van der Waals surface area contributed by atoms with E-state index in [4.69, 9.17) is 0 Å². The zero-order valence-corrected chi connectivity index (χ0v) is 7.09. The SMILES string of the molecule is CC(=O)C1CCC1(C)CC=O. The van der Waals surface area contributed by atoms with Crippen molar-refractivity contribution in [2.45, 2.75) is 33.1 Å². The second kappa shape index (κ2) is 2.76. The Kier molecular flexibility index (Phi) is 2.12. The molecule has 0 radical (unpaired) electrons. The number of Topliss-reactive ketones (excluding diaryl/α,β-unsaturated/α-hetero) is 1. The molecule has 1 aliphatic carbocycles. The van der Waals surface area contributed by atoms with Gasteiger partial charge in [-0.3, -0.25) is 4.79 Å². The summed E-state index contributed by atoms with van der Waals surface area (Å²) in [6, 6.07) is 0. The van der Waals surface area contributed by atoms with Crippen molar-refractivity contribution >= 4 is 12.1 Å². The minimum atomic E-state index is -0.00637. The first kappa shape index (κ1) is 8.44. The number of rotatable bonds is 3. The molecule has 0 spiro atoms. The Bertz CT molecular complexity index is 186. The zero-order valence-electron chi connectivity index (χ0n) is 7.09. The maximum atomic E-state index is 11.0. The van der Waals surface area contributed by atoms with Gasteiger partial charge in [0.25, 0.3) is 0 Å². The molecule has 1 rings (SSSR count). The highest BCUT2D eigenvalue weighted by atomic mass is 16.1. The lowest BCUT2D eigenvalue weighted by atomic mass is 9.58. The fourth-order valence-electron chi connectivity index (χ4n) is 1.91. The molecule has 2 unspecified atom stereocenters. The maximum Gasteiger partial charge on any atom is 0.133 e. The van der Waals surface area contributed by atoms with Gasteiger partial charge in [0.1, 0.15) is 12.1 Å². The number of aldehydes is 1. The lowest BCUT2D eigenvalue weighted by Gasteiger charge is -2.44. The van der Waals surface area contributed by atoms with Crippen LogP contribution in [0.2, 0.25) is 0 Å². The fraction of sp³-hybridized carbons (Fsp3) is 0.778. The minimum Gasteiger partial charge on any atom is -0.303 e. The van der Waals surface area contributed by atoms with Crippen LogP contribution in [0.5, 0.6) is 0 Å². The Morgan fingerprint density at radius 2 is 2.36 bits per heavy atom. The standard InChI is InChI=1S/C9H14O2/c1-7(11)8-3-4-9(8,2)5-6-10/h6,8H,3-5H2,1-2H3. The number of carbonyl (C=O) groups is 2. The molecule has 62 valence electrons. The second-order valence-corrected chi connectivity index (χ2v) is 3.73. The van der Waals surface area contributed by atoms with Crippen LogP contribution in [0.3, 0.4) is 0 Å². The van der Waals surface area contributed by atoms with E-state index in [1.54, 1.807) is 6.92 Å². The molecular weight excluding hydrogens is 140 g/mol. The van der Waals surface area contributed by atoms with E-state index >= 15 is 0 Å². The van der Waals surface area contributed by atoms with Gasteiger partial charge in [-0.15, -0.1) is 0 Å². The van der Waals surface area contributed by atoms with Gasteiger partial charge in [0.15, 0.2) is 0 Å². The Morgan fingerprint density at radius 1 is 1.73 bits per heavy atom. The second-order valence-electron chi connectivity index (χ2n) is 3.73. The van der Waals surface area contributed by atoms with Crippen molar-refractivity contribution in [2.24, 2.45) is 11.3 Å². The topological polar surface area (TPSA) is 34.1 Å². The summed E-state index contributed by atoms with van der Waals surface area (Å²) in [5, 5.41) is 0. The van der Waals surface area contributed by atoms with Crippen LogP contribution in [-0.4, -0.2) is 12.1 Å². The molecule has 0 aromatic heterocycles. The Labute approximate surface area is 67.0 Å². The van der Waals surface area contributed by atoms with E-state index in [1.807, 2.05) is 6.92 Å². The highest BCUT2D eigenvalue weighted by Gasteiger charge is 2.44. The van der Waals surface area contributed by atoms with Crippen LogP contribution in [0.1, 0.15) is 33.1 Å². The Balaban J connectivity index is 2.58. The maximum absolute atomic E-state index is 11.0. The van der Waals surface area contributed by atoms with E-state index in [0.717, 1.165) is 19.1 Å². The molecule has 2 nitrogen and oxygen atoms in total.